The van der Waals surface area contributed by atoms with Crippen molar-refractivity contribution in [3.63, 3.8) is 0 Å². The highest BCUT2D eigenvalue weighted by atomic mass is 32.1. The molecule has 1 aliphatic heterocycles. The minimum absolute atomic E-state index is 0.128. The van der Waals surface area contributed by atoms with Crippen LogP contribution in [0, 0.1) is 0 Å². The first kappa shape index (κ1) is 19.7. The Balaban J connectivity index is 1.52. The SMILES string of the molecule is COCCNC(=O)c1c(NC(=O)C2COc3ccccc3O2)sc2c1CCCC2. The van der Waals surface area contributed by atoms with Gasteiger partial charge in [0.2, 0.25) is 6.10 Å². The first-order chi connectivity index (χ1) is 14.2. The summed E-state index contributed by atoms with van der Waals surface area (Å²) >= 11 is 1.49. The van der Waals surface area contributed by atoms with Gasteiger partial charge in [-0.1, -0.05) is 12.1 Å². The van der Waals surface area contributed by atoms with Crippen LogP contribution in [0.15, 0.2) is 24.3 Å². The number of methoxy groups -OCH3 is 1. The zero-order chi connectivity index (χ0) is 20.2. The predicted molar refractivity (Wildman–Crippen MR) is 110 cm³/mol. The quantitative estimate of drug-likeness (QED) is 0.708. The summed E-state index contributed by atoms with van der Waals surface area (Å²) in [6.07, 6.45) is 3.16. The van der Waals surface area contributed by atoms with E-state index in [-0.39, 0.29) is 18.4 Å². The zero-order valence-electron chi connectivity index (χ0n) is 16.3. The van der Waals surface area contributed by atoms with Gasteiger partial charge in [-0.15, -0.1) is 11.3 Å². The number of hydrogen-bond donors (Lipinski definition) is 2. The molecule has 1 aromatic heterocycles. The summed E-state index contributed by atoms with van der Waals surface area (Å²) in [5.41, 5.74) is 1.63. The molecule has 1 atom stereocenters. The van der Waals surface area contributed by atoms with Gasteiger partial charge in [-0.2, -0.15) is 0 Å². The van der Waals surface area contributed by atoms with Gasteiger partial charge in [0.1, 0.15) is 11.6 Å². The highest BCUT2D eigenvalue weighted by Gasteiger charge is 2.31. The molecule has 2 amide bonds. The van der Waals surface area contributed by atoms with Crippen LogP contribution in [-0.4, -0.2) is 44.8 Å². The summed E-state index contributed by atoms with van der Waals surface area (Å²) in [7, 11) is 1.59. The number of amides is 2. The van der Waals surface area contributed by atoms with E-state index in [2.05, 4.69) is 10.6 Å². The molecule has 154 valence electrons. The summed E-state index contributed by atoms with van der Waals surface area (Å²) in [4.78, 5) is 26.9. The first-order valence-corrected chi connectivity index (χ1v) is 10.6. The standard InChI is InChI=1S/C21H24N2O5S/c1-26-11-10-22-20(25)18-13-6-2-5-9-17(13)29-21(18)23-19(24)16-12-27-14-7-3-4-8-15(14)28-16/h3-4,7-8,16H,2,5-6,9-12H2,1H3,(H,22,25)(H,23,24). The Morgan fingerprint density at radius 2 is 2.00 bits per heavy atom. The lowest BCUT2D eigenvalue weighted by atomic mass is 9.95. The number of hydrogen-bond acceptors (Lipinski definition) is 6. The van der Waals surface area contributed by atoms with Crippen molar-refractivity contribution < 1.29 is 23.8 Å². The monoisotopic (exact) mass is 416 g/mol. The van der Waals surface area contributed by atoms with Crippen LogP contribution < -0.4 is 20.1 Å². The third kappa shape index (κ3) is 4.23. The summed E-state index contributed by atoms with van der Waals surface area (Å²) in [5, 5.41) is 6.38. The summed E-state index contributed by atoms with van der Waals surface area (Å²) in [6, 6.07) is 7.26. The van der Waals surface area contributed by atoms with Crippen molar-refractivity contribution in [2.24, 2.45) is 0 Å². The second kappa shape index (κ2) is 8.84. The maximum absolute atomic E-state index is 12.9. The third-order valence-electron chi connectivity index (χ3n) is 5.03. The molecule has 0 radical (unpaired) electrons. The Hall–Kier alpha value is -2.58. The van der Waals surface area contributed by atoms with E-state index in [1.165, 1.54) is 16.2 Å². The number of carbonyl (C=O) groups excluding carboxylic acids is 2. The van der Waals surface area contributed by atoms with E-state index in [0.717, 1.165) is 31.2 Å². The van der Waals surface area contributed by atoms with Gasteiger partial charge in [0.15, 0.2) is 11.5 Å². The smallest absolute Gasteiger partial charge is 0.269 e. The average molecular weight is 416 g/mol. The van der Waals surface area contributed by atoms with E-state index in [9.17, 15) is 9.59 Å². The lowest BCUT2D eigenvalue weighted by Crippen LogP contribution is -2.40. The van der Waals surface area contributed by atoms with Crippen molar-refractivity contribution in [1.29, 1.82) is 0 Å². The van der Waals surface area contributed by atoms with Gasteiger partial charge in [-0.25, -0.2) is 0 Å². The van der Waals surface area contributed by atoms with Crippen molar-refractivity contribution >= 4 is 28.2 Å². The van der Waals surface area contributed by atoms with Crippen molar-refractivity contribution in [3.8, 4) is 11.5 Å². The first-order valence-electron chi connectivity index (χ1n) is 9.78. The largest absolute Gasteiger partial charge is 0.485 e. The van der Waals surface area contributed by atoms with Crippen LogP contribution in [0.2, 0.25) is 0 Å². The third-order valence-corrected chi connectivity index (χ3v) is 6.24. The molecule has 1 unspecified atom stereocenters. The molecule has 1 aliphatic carbocycles. The molecular weight excluding hydrogens is 392 g/mol. The van der Waals surface area contributed by atoms with Crippen molar-refractivity contribution in [3.05, 3.63) is 40.3 Å². The molecule has 2 aliphatic rings. The number of para-hydroxylation sites is 2. The lowest BCUT2D eigenvalue weighted by Gasteiger charge is -2.25. The van der Waals surface area contributed by atoms with E-state index < -0.39 is 6.10 Å². The van der Waals surface area contributed by atoms with Crippen LogP contribution in [0.4, 0.5) is 5.00 Å². The lowest BCUT2D eigenvalue weighted by molar-refractivity contribution is -0.125. The van der Waals surface area contributed by atoms with E-state index in [1.54, 1.807) is 19.2 Å². The molecule has 2 N–H and O–H groups in total. The summed E-state index contributed by atoms with van der Waals surface area (Å²) in [6.45, 7) is 0.986. The minimum atomic E-state index is -0.770. The Kier molecular flexibility index (Phi) is 6.01. The number of aryl methyl sites for hydroxylation is 1. The van der Waals surface area contributed by atoms with E-state index >= 15 is 0 Å². The molecule has 0 spiro atoms. The number of ether oxygens (including phenoxy) is 3. The van der Waals surface area contributed by atoms with Crippen LogP contribution in [0.1, 0.15) is 33.6 Å². The van der Waals surface area contributed by atoms with Crippen molar-refractivity contribution in [2.45, 2.75) is 31.8 Å². The summed E-state index contributed by atoms with van der Waals surface area (Å²) < 4.78 is 16.5. The molecule has 7 nitrogen and oxygen atoms in total. The van der Waals surface area contributed by atoms with E-state index in [0.29, 0.717) is 35.2 Å². The molecule has 29 heavy (non-hydrogen) atoms. The van der Waals surface area contributed by atoms with Gasteiger partial charge in [0, 0.05) is 18.5 Å². The van der Waals surface area contributed by atoms with E-state index in [1.807, 2.05) is 12.1 Å². The minimum Gasteiger partial charge on any atom is -0.485 e. The Labute approximate surface area is 173 Å². The van der Waals surface area contributed by atoms with Crippen molar-refractivity contribution in [2.75, 3.05) is 32.2 Å². The number of benzene rings is 1. The average Bonchev–Trinajstić information content (AvgIpc) is 3.11. The zero-order valence-corrected chi connectivity index (χ0v) is 17.1. The maximum Gasteiger partial charge on any atom is 0.269 e. The Bertz CT molecular complexity index is 910. The molecular formula is C21H24N2O5S. The predicted octanol–water partition coefficient (Wildman–Crippen LogP) is 2.78. The van der Waals surface area contributed by atoms with Gasteiger partial charge >= 0.3 is 0 Å². The molecule has 0 saturated carbocycles. The van der Waals surface area contributed by atoms with Gasteiger partial charge in [-0.3, -0.25) is 9.59 Å². The van der Waals surface area contributed by atoms with Gasteiger partial charge < -0.3 is 24.8 Å². The van der Waals surface area contributed by atoms with Crippen molar-refractivity contribution in [1.82, 2.24) is 5.32 Å². The van der Waals surface area contributed by atoms with Crippen LogP contribution in [-0.2, 0) is 22.4 Å². The maximum atomic E-state index is 12.9. The molecule has 0 fully saturated rings. The van der Waals surface area contributed by atoms with Crippen LogP contribution in [0.3, 0.4) is 0 Å². The fourth-order valence-electron chi connectivity index (χ4n) is 3.59. The number of anilines is 1. The van der Waals surface area contributed by atoms with Crippen LogP contribution in [0.5, 0.6) is 11.5 Å². The second-order valence-corrected chi connectivity index (χ2v) is 8.12. The molecule has 4 rings (SSSR count). The van der Waals surface area contributed by atoms with Crippen LogP contribution >= 0.6 is 11.3 Å². The fourth-order valence-corrected chi connectivity index (χ4v) is 4.88. The van der Waals surface area contributed by atoms with Gasteiger partial charge in [0.25, 0.3) is 11.8 Å². The second-order valence-electron chi connectivity index (χ2n) is 7.02. The number of carbonyl (C=O) groups is 2. The van der Waals surface area contributed by atoms with Gasteiger partial charge in [-0.05, 0) is 43.4 Å². The van der Waals surface area contributed by atoms with Gasteiger partial charge in [0.05, 0.1) is 12.2 Å². The highest BCUT2D eigenvalue weighted by Crippen LogP contribution is 2.38. The topological polar surface area (TPSA) is 85.9 Å². The fraction of sp³-hybridized carbons (Fsp3) is 0.429. The Morgan fingerprint density at radius 3 is 2.83 bits per heavy atom. The number of rotatable bonds is 6. The number of nitrogens with one attached hydrogen (secondary N) is 2. The summed E-state index contributed by atoms with van der Waals surface area (Å²) in [5.74, 6) is 0.676. The normalized spacial score (nSPS) is 17.3. The molecule has 2 aromatic rings. The van der Waals surface area contributed by atoms with Crippen LogP contribution in [0.25, 0.3) is 0 Å². The Morgan fingerprint density at radius 1 is 1.21 bits per heavy atom. The molecule has 1 aromatic carbocycles. The molecule has 8 heteroatoms. The van der Waals surface area contributed by atoms with E-state index in [4.69, 9.17) is 14.2 Å². The molecule has 2 heterocycles. The number of thiophene rings is 1. The highest BCUT2D eigenvalue weighted by molar-refractivity contribution is 7.17. The number of fused-ring (bicyclic) bond motifs is 2. The molecule has 0 saturated heterocycles. The molecule has 0 bridgehead atoms.